The third-order valence-corrected chi connectivity index (χ3v) is 3.78. The van der Waals surface area contributed by atoms with E-state index in [1.54, 1.807) is 27.7 Å². The molecule has 0 aromatic carbocycles. The molecule has 0 radical (unpaired) electrons. The number of ether oxygens (including phenoxy) is 1. The molecule has 3 N–H and O–H groups in total. The predicted octanol–water partition coefficient (Wildman–Crippen LogP) is -0.126. The van der Waals surface area contributed by atoms with Crippen molar-refractivity contribution in [1.29, 1.82) is 0 Å². The molecule has 0 spiro atoms. The molecule has 10 heteroatoms. The molecular formula is C15H24N4O6. The van der Waals surface area contributed by atoms with E-state index >= 15 is 0 Å². The largest absolute Gasteiger partial charge is 0.454 e. The van der Waals surface area contributed by atoms with E-state index in [1.165, 1.54) is 0 Å². The van der Waals surface area contributed by atoms with Crippen LogP contribution in [0.5, 0.6) is 0 Å². The van der Waals surface area contributed by atoms with Crippen molar-refractivity contribution in [2.75, 3.05) is 13.2 Å². The summed E-state index contributed by atoms with van der Waals surface area (Å²) in [5.41, 5.74) is -1.01. The Hall–Kier alpha value is -2.65. The van der Waals surface area contributed by atoms with E-state index in [-0.39, 0.29) is 6.04 Å². The minimum absolute atomic E-state index is 0.160. The lowest BCUT2D eigenvalue weighted by molar-refractivity contribution is -0.151. The third kappa shape index (κ3) is 5.16. The number of hydrogen-bond acceptors (Lipinski definition) is 6. The summed E-state index contributed by atoms with van der Waals surface area (Å²) < 4.78 is 4.70. The van der Waals surface area contributed by atoms with Gasteiger partial charge in [-0.2, -0.15) is 0 Å². The van der Waals surface area contributed by atoms with Crippen LogP contribution in [0.3, 0.4) is 0 Å². The van der Waals surface area contributed by atoms with Gasteiger partial charge in [0.15, 0.2) is 6.61 Å². The van der Waals surface area contributed by atoms with Crippen LogP contribution in [0.2, 0.25) is 0 Å². The molecule has 10 nitrogen and oxygen atoms in total. The van der Waals surface area contributed by atoms with Gasteiger partial charge in [0.05, 0.1) is 0 Å². The lowest BCUT2D eigenvalue weighted by atomic mass is 9.93. The molecule has 1 fully saturated rings. The summed E-state index contributed by atoms with van der Waals surface area (Å²) >= 11 is 0. The maximum atomic E-state index is 12.3. The highest BCUT2D eigenvalue weighted by Gasteiger charge is 2.49. The van der Waals surface area contributed by atoms with Crippen molar-refractivity contribution in [3.8, 4) is 0 Å². The van der Waals surface area contributed by atoms with E-state index in [2.05, 4.69) is 10.6 Å². The Bertz CT molecular complexity index is 570. The number of imide groups is 2. The van der Waals surface area contributed by atoms with Crippen LogP contribution in [-0.2, 0) is 19.1 Å². The third-order valence-electron chi connectivity index (χ3n) is 3.78. The fourth-order valence-corrected chi connectivity index (χ4v) is 2.33. The highest BCUT2D eigenvalue weighted by Crippen LogP contribution is 2.24. The van der Waals surface area contributed by atoms with Gasteiger partial charge in [-0.3, -0.25) is 24.6 Å². The SMILES string of the molecule is CCC1(CC)NC(=O)N(CC(=O)OCC(=O)NC(=O)NC(C)C)C1=O. The van der Waals surface area contributed by atoms with Crippen LogP contribution >= 0.6 is 0 Å². The summed E-state index contributed by atoms with van der Waals surface area (Å²) in [6, 6.07) is -1.54. The van der Waals surface area contributed by atoms with Crippen molar-refractivity contribution >= 4 is 29.8 Å². The number of esters is 1. The molecule has 1 saturated heterocycles. The van der Waals surface area contributed by atoms with E-state index in [9.17, 15) is 24.0 Å². The number of amides is 6. The standard InChI is InChI=1S/C15H24N4O6/c1-5-15(6-2)12(22)19(14(24)18-15)7-11(21)25-8-10(20)17-13(23)16-9(3)4/h9H,5-8H2,1-4H3,(H,18,24)(H2,16,17,20,23). The topological polar surface area (TPSA) is 134 Å². The Morgan fingerprint density at radius 2 is 1.80 bits per heavy atom. The van der Waals surface area contributed by atoms with Gasteiger partial charge in [0.25, 0.3) is 11.8 Å². The van der Waals surface area contributed by atoms with Gasteiger partial charge >= 0.3 is 18.0 Å². The predicted molar refractivity (Wildman–Crippen MR) is 86.3 cm³/mol. The van der Waals surface area contributed by atoms with E-state index in [4.69, 9.17) is 4.74 Å². The van der Waals surface area contributed by atoms with Crippen LogP contribution in [-0.4, -0.2) is 59.5 Å². The second kappa shape index (κ2) is 8.45. The molecule has 6 amide bonds. The quantitative estimate of drug-likeness (QED) is 0.430. The zero-order valence-corrected chi connectivity index (χ0v) is 14.8. The summed E-state index contributed by atoms with van der Waals surface area (Å²) in [7, 11) is 0. The average Bonchev–Trinajstić information content (AvgIpc) is 2.76. The first-order valence-electron chi connectivity index (χ1n) is 8.05. The van der Waals surface area contributed by atoms with E-state index < -0.39 is 48.5 Å². The average molecular weight is 356 g/mol. The van der Waals surface area contributed by atoms with Crippen LogP contribution < -0.4 is 16.0 Å². The van der Waals surface area contributed by atoms with Crippen molar-refractivity contribution in [3.05, 3.63) is 0 Å². The summed E-state index contributed by atoms with van der Waals surface area (Å²) in [4.78, 5) is 59.6. The molecule has 0 unspecified atom stereocenters. The molecule has 0 bridgehead atoms. The van der Waals surface area contributed by atoms with Gasteiger partial charge in [-0.25, -0.2) is 9.59 Å². The molecule has 0 aromatic rings. The van der Waals surface area contributed by atoms with Gasteiger partial charge in [-0.1, -0.05) is 13.8 Å². The number of urea groups is 2. The van der Waals surface area contributed by atoms with Crippen LogP contribution in [0.4, 0.5) is 9.59 Å². The van der Waals surface area contributed by atoms with Gasteiger partial charge in [0.1, 0.15) is 12.1 Å². The van der Waals surface area contributed by atoms with Gasteiger partial charge in [-0.15, -0.1) is 0 Å². The number of nitrogens with one attached hydrogen (secondary N) is 3. The number of nitrogens with zero attached hydrogens (tertiary/aromatic N) is 1. The molecule has 1 aliphatic rings. The van der Waals surface area contributed by atoms with Crippen molar-refractivity contribution in [3.63, 3.8) is 0 Å². The molecule has 1 aliphatic heterocycles. The highest BCUT2D eigenvalue weighted by atomic mass is 16.5. The van der Waals surface area contributed by atoms with Gasteiger partial charge in [0.2, 0.25) is 0 Å². The molecule has 0 atom stereocenters. The first-order chi connectivity index (χ1) is 11.6. The van der Waals surface area contributed by atoms with Crippen molar-refractivity contribution in [1.82, 2.24) is 20.9 Å². The minimum Gasteiger partial charge on any atom is -0.454 e. The summed E-state index contributed by atoms with van der Waals surface area (Å²) in [5, 5.41) is 7.00. The molecule has 0 aliphatic carbocycles. The molecule has 1 heterocycles. The second-order valence-corrected chi connectivity index (χ2v) is 5.95. The molecule has 1 rings (SSSR count). The zero-order chi connectivity index (χ0) is 19.2. The Kier molecular flexibility index (Phi) is 6.89. The zero-order valence-electron chi connectivity index (χ0n) is 14.8. The Morgan fingerprint density at radius 3 is 2.28 bits per heavy atom. The Morgan fingerprint density at radius 1 is 1.20 bits per heavy atom. The van der Waals surface area contributed by atoms with E-state index in [0.717, 1.165) is 4.90 Å². The van der Waals surface area contributed by atoms with Crippen molar-refractivity contribution in [2.24, 2.45) is 0 Å². The maximum Gasteiger partial charge on any atom is 0.326 e. The summed E-state index contributed by atoms with van der Waals surface area (Å²) in [6.45, 7) is 5.66. The molecular weight excluding hydrogens is 332 g/mol. The van der Waals surface area contributed by atoms with Gasteiger partial charge in [0, 0.05) is 6.04 Å². The fraction of sp³-hybridized carbons (Fsp3) is 0.667. The first kappa shape index (κ1) is 20.4. The fourth-order valence-electron chi connectivity index (χ4n) is 2.33. The van der Waals surface area contributed by atoms with Crippen LogP contribution in [0, 0.1) is 0 Å². The van der Waals surface area contributed by atoms with Gasteiger partial charge in [-0.05, 0) is 26.7 Å². The Labute approximate surface area is 145 Å². The highest BCUT2D eigenvalue weighted by molar-refractivity contribution is 6.08. The number of rotatable bonds is 7. The van der Waals surface area contributed by atoms with E-state index in [1.807, 2.05) is 5.32 Å². The van der Waals surface area contributed by atoms with Crippen molar-refractivity contribution in [2.45, 2.75) is 52.1 Å². The molecule has 25 heavy (non-hydrogen) atoms. The van der Waals surface area contributed by atoms with Crippen LogP contribution in [0.25, 0.3) is 0 Å². The molecule has 0 saturated carbocycles. The van der Waals surface area contributed by atoms with Crippen LogP contribution in [0.15, 0.2) is 0 Å². The summed E-state index contributed by atoms with van der Waals surface area (Å²) in [6.07, 6.45) is 0.792. The monoisotopic (exact) mass is 356 g/mol. The maximum absolute atomic E-state index is 12.3. The Balaban J connectivity index is 2.49. The lowest BCUT2D eigenvalue weighted by Crippen LogP contribution is -2.46. The first-order valence-corrected chi connectivity index (χ1v) is 8.05. The minimum atomic E-state index is -1.01. The van der Waals surface area contributed by atoms with Crippen molar-refractivity contribution < 1.29 is 28.7 Å². The lowest BCUT2D eigenvalue weighted by Gasteiger charge is -2.22. The second-order valence-electron chi connectivity index (χ2n) is 5.95. The molecule has 0 aromatic heterocycles. The summed E-state index contributed by atoms with van der Waals surface area (Å²) in [5.74, 6) is -2.24. The smallest absolute Gasteiger partial charge is 0.326 e. The molecule has 140 valence electrons. The normalized spacial score (nSPS) is 15.8. The van der Waals surface area contributed by atoms with Crippen LogP contribution in [0.1, 0.15) is 40.5 Å². The number of hydrogen-bond donors (Lipinski definition) is 3. The van der Waals surface area contributed by atoms with E-state index in [0.29, 0.717) is 12.8 Å². The van der Waals surface area contributed by atoms with Gasteiger partial charge < -0.3 is 15.4 Å². The number of carbonyl (C=O) groups excluding carboxylic acids is 5. The number of carbonyl (C=O) groups is 5.